The van der Waals surface area contributed by atoms with Crippen LogP contribution in [0.3, 0.4) is 0 Å². The minimum atomic E-state index is 1.07. The summed E-state index contributed by atoms with van der Waals surface area (Å²) in [5, 5.41) is 3.60. The average Bonchev–Trinajstić information content (AvgIpc) is 2.85. The molecule has 1 N–H and O–H groups in total. The summed E-state index contributed by atoms with van der Waals surface area (Å²) in [6.07, 6.45) is 17.4. The second-order valence-corrected chi connectivity index (χ2v) is 5.81. The van der Waals surface area contributed by atoms with Crippen LogP contribution in [0.2, 0.25) is 0 Å². The van der Waals surface area contributed by atoms with E-state index in [1.807, 2.05) is 0 Å². The summed E-state index contributed by atoms with van der Waals surface area (Å²) in [5.41, 5.74) is 0. The van der Waals surface area contributed by atoms with Crippen molar-refractivity contribution >= 4 is 0 Å². The van der Waals surface area contributed by atoms with Gasteiger partial charge in [-0.05, 0) is 38.3 Å². The van der Waals surface area contributed by atoms with Gasteiger partial charge >= 0.3 is 0 Å². The van der Waals surface area contributed by atoms with E-state index in [1.54, 1.807) is 0 Å². The Hall–Kier alpha value is -0.0400. The van der Waals surface area contributed by atoms with Crippen molar-refractivity contribution in [3.63, 3.8) is 0 Å². The first-order valence-corrected chi connectivity index (χ1v) is 8.14. The fourth-order valence-electron chi connectivity index (χ4n) is 2.97. The van der Waals surface area contributed by atoms with Crippen molar-refractivity contribution in [2.24, 2.45) is 5.92 Å². The van der Waals surface area contributed by atoms with E-state index < -0.39 is 0 Å². The Morgan fingerprint density at radius 2 is 1.47 bits per heavy atom. The van der Waals surface area contributed by atoms with Crippen molar-refractivity contribution in [2.45, 2.75) is 84.0 Å². The summed E-state index contributed by atoms with van der Waals surface area (Å²) in [5.74, 6) is 1.07. The van der Waals surface area contributed by atoms with Crippen molar-refractivity contribution in [1.29, 1.82) is 0 Å². The highest BCUT2D eigenvalue weighted by molar-refractivity contribution is 4.67. The van der Waals surface area contributed by atoms with E-state index in [4.69, 9.17) is 0 Å². The van der Waals surface area contributed by atoms with Crippen LogP contribution in [0, 0.1) is 5.92 Å². The third-order valence-electron chi connectivity index (χ3n) is 4.15. The third kappa shape index (κ3) is 8.65. The Morgan fingerprint density at radius 3 is 2.24 bits per heavy atom. The summed E-state index contributed by atoms with van der Waals surface area (Å²) < 4.78 is 0. The molecule has 1 nitrogen and oxygen atoms in total. The lowest BCUT2D eigenvalue weighted by Gasteiger charge is -2.09. The molecule has 0 heterocycles. The van der Waals surface area contributed by atoms with Crippen LogP contribution in [0.25, 0.3) is 0 Å². The van der Waals surface area contributed by atoms with Crippen LogP contribution in [0.15, 0.2) is 0 Å². The van der Waals surface area contributed by atoms with Gasteiger partial charge in [0.1, 0.15) is 0 Å². The average molecular weight is 239 g/mol. The highest BCUT2D eigenvalue weighted by atomic mass is 14.8. The van der Waals surface area contributed by atoms with E-state index in [1.165, 1.54) is 90.1 Å². The molecule has 0 amide bonds. The minimum absolute atomic E-state index is 1.07. The number of hydrogen-bond acceptors (Lipinski definition) is 1. The third-order valence-corrected chi connectivity index (χ3v) is 4.15. The van der Waals surface area contributed by atoms with Crippen molar-refractivity contribution < 1.29 is 0 Å². The summed E-state index contributed by atoms with van der Waals surface area (Å²) in [6.45, 7) is 4.79. The van der Waals surface area contributed by atoms with Gasteiger partial charge < -0.3 is 5.32 Å². The Morgan fingerprint density at radius 1 is 0.824 bits per heavy atom. The fourth-order valence-corrected chi connectivity index (χ4v) is 2.97. The van der Waals surface area contributed by atoms with Gasteiger partial charge in [-0.1, -0.05) is 64.7 Å². The van der Waals surface area contributed by atoms with Gasteiger partial charge in [-0.15, -0.1) is 0 Å². The van der Waals surface area contributed by atoms with Gasteiger partial charge in [-0.25, -0.2) is 0 Å². The SMILES string of the molecule is CCCCCCCCNCCCC1CCCC1. The normalized spacial score (nSPS) is 16.8. The molecule has 17 heavy (non-hydrogen) atoms. The van der Waals surface area contributed by atoms with E-state index >= 15 is 0 Å². The smallest absolute Gasteiger partial charge is 0.00488 e. The molecule has 0 spiro atoms. The molecule has 1 fully saturated rings. The maximum atomic E-state index is 3.60. The molecule has 0 atom stereocenters. The van der Waals surface area contributed by atoms with Gasteiger partial charge in [0.15, 0.2) is 0 Å². The largest absolute Gasteiger partial charge is 0.317 e. The summed E-state index contributed by atoms with van der Waals surface area (Å²) >= 11 is 0. The predicted molar refractivity (Wildman–Crippen MR) is 77.4 cm³/mol. The molecular formula is C16H33N. The van der Waals surface area contributed by atoms with Crippen LogP contribution < -0.4 is 5.32 Å². The zero-order valence-corrected chi connectivity index (χ0v) is 12.0. The number of hydrogen-bond donors (Lipinski definition) is 1. The Balaban J connectivity index is 1.69. The maximum absolute atomic E-state index is 3.60. The summed E-state index contributed by atoms with van der Waals surface area (Å²) in [4.78, 5) is 0. The molecule has 0 aromatic rings. The zero-order valence-electron chi connectivity index (χ0n) is 12.0. The van der Waals surface area contributed by atoms with Gasteiger partial charge in [0.2, 0.25) is 0 Å². The van der Waals surface area contributed by atoms with Crippen LogP contribution in [-0.4, -0.2) is 13.1 Å². The quantitative estimate of drug-likeness (QED) is 0.505. The zero-order chi connectivity index (χ0) is 12.2. The summed E-state index contributed by atoms with van der Waals surface area (Å²) in [7, 11) is 0. The lowest BCUT2D eigenvalue weighted by atomic mass is 10.0. The van der Waals surface area contributed by atoms with Crippen molar-refractivity contribution in [3.8, 4) is 0 Å². The van der Waals surface area contributed by atoms with Crippen LogP contribution in [0.5, 0.6) is 0 Å². The van der Waals surface area contributed by atoms with Gasteiger partial charge in [-0.2, -0.15) is 0 Å². The first-order valence-electron chi connectivity index (χ1n) is 8.14. The summed E-state index contributed by atoms with van der Waals surface area (Å²) in [6, 6.07) is 0. The molecule has 0 aromatic heterocycles. The topological polar surface area (TPSA) is 12.0 Å². The standard InChI is InChI=1S/C16H33N/c1-2-3-4-5-6-9-14-17-15-10-13-16-11-7-8-12-16/h16-17H,2-15H2,1H3. The molecular weight excluding hydrogens is 206 g/mol. The Kier molecular flexibility index (Phi) is 9.78. The molecule has 1 rings (SSSR count). The lowest BCUT2D eigenvalue weighted by Crippen LogP contribution is -2.17. The van der Waals surface area contributed by atoms with Gasteiger partial charge in [0.05, 0.1) is 0 Å². The van der Waals surface area contributed by atoms with Crippen molar-refractivity contribution in [1.82, 2.24) is 5.32 Å². The predicted octanol–water partition coefficient (Wildman–Crippen LogP) is 4.91. The monoisotopic (exact) mass is 239 g/mol. The van der Waals surface area contributed by atoms with Gasteiger partial charge in [-0.3, -0.25) is 0 Å². The highest BCUT2D eigenvalue weighted by Gasteiger charge is 2.13. The number of nitrogens with one attached hydrogen (secondary N) is 1. The van der Waals surface area contributed by atoms with E-state index in [0.29, 0.717) is 0 Å². The number of rotatable bonds is 11. The van der Waals surface area contributed by atoms with Gasteiger partial charge in [0, 0.05) is 0 Å². The first-order chi connectivity index (χ1) is 8.43. The molecule has 0 saturated heterocycles. The van der Waals surface area contributed by atoms with E-state index in [0.717, 1.165) is 5.92 Å². The highest BCUT2D eigenvalue weighted by Crippen LogP contribution is 2.28. The second kappa shape index (κ2) is 11.1. The molecule has 0 aliphatic heterocycles. The van der Waals surface area contributed by atoms with Crippen molar-refractivity contribution in [2.75, 3.05) is 13.1 Å². The Labute approximate surface area is 109 Å². The van der Waals surface area contributed by atoms with Crippen LogP contribution in [0.1, 0.15) is 84.0 Å². The molecule has 0 bridgehead atoms. The molecule has 1 heteroatoms. The molecule has 1 saturated carbocycles. The number of unbranched alkanes of at least 4 members (excludes halogenated alkanes) is 5. The lowest BCUT2D eigenvalue weighted by molar-refractivity contribution is 0.467. The molecule has 0 radical (unpaired) electrons. The van der Waals surface area contributed by atoms with E-state index in [-0.39, 0.29) is 0 Å². The van der Waals surface area contributed by atoms with Crippen molar-refractivity contribution in [3.05, 3.63) is 0 Å². The Bertz CT molecular complexity index is 150. The molecule has 0 aromatic carbocycles. The second-order valence-electron chi connectivity index (χ2n) is 5.81. The first kappa shape index (κ1) is 15.0. The van der Waals surface area contributed by atoms with E-state index in [2.05, 4.69) is 12.2 Å². The van der Waals surface area contributed by atoms with Crippen LogP contribution in [-0.2, 0) is 0 Å². The van der Waals surface area contributed by atoms with Crippen LogP contribution >= 0.6 is 0 Å². The maximum Gasteiger partial charge on any atom is -0.00488 e. The van der Waals surface area contributed by atoms with Crippen LogP contribution in [0.4, 0.5) is 0 Å². The molecule has 1 aliphatic rings. The molecule has 102 valence electrons. The van der Waals surface area contributed by atoms with E-state index in [9.17, 15) is 0 Å². The molecule has 0 unspecified atom stereocenters. The fraction of sp³-hybridized carbons (Fsp3) is 1.00. The van der Waals surface area contributed by atoms with Gasteiger partial charge in [0.25, 0.3) is 0 Å². The minimum Gasteiger partial charge on any atom is -0.317 e. The molecule has 1 aliphatic carbocycles.